The fourth-order valence-electron chi connectivity index (χ4n) is 7.24. The lowest BCUT2D eigenvalue weighted by Crippen LogP contribution is -1.95. The van der Waals surface area contributed by atoms with Crippen LogP contribution < -0.4 is 0 Å². The first-order chi connectivity index (χ1) is 23.3. The van der Waals surface area contributed by atoms with E-state index in [1.165, 1.54) is 63.6 Å². The van der Waals surface area contributed by atoms with Crippen molar-refractivity contribution >= 4 is 74.7 Å². The minimum absolute atomic E-state index is 0.738. The van der Waals surface area contributed by atoms with Crippen LogP contribution in [-0.4, -0.2) is 9.97 Å². The van der Waals surface area contributed by atoms with Crippen molar-refractivity contribution in [2.75, 3.05) is 0 Å². The number of para-hydroxylation sites is 1. The van der Waals surface area contributed by atoms with Gasteiger partial charge in [-0.1, -0.05) is 133 Å². The third-order valence-corrected chi connectivity index (χ3v) is 10.7. The van der Waals surface area contributed by atoms with Gasteiger partial charge in [0.2, 0.25) is 0 Å². The van der Waals surface area contributed by atoms with Crippen LogP contribution in [0.4, 0.5) is 0 Å². The summed E-state index contributed by atoms with van der Waals surface area (Å²) in [6, 6.07) is 56.5. The molecule has 0 N–H and O–H groups in total. The maximum atomic E-state index is 5.19. The zero-order chi connectivity index (χ0) is 30.9. The Morgan fingerprint density at radius 1 is 0.362 bits per heavy atom. The smallest absolute Gasteiger partial charge is 0.160 e. The number of hydrogen-bond donors (Lipinski definition) is 0. The van der Waals surface area contributed by atoms with Gasteiger partial charge in [0.15, 0.2) is 5.82 Å². The molecule has 0 bridgehead atoms. The van der Waals surface area contributed by atoms with Gasteiger partial charge in [0, 0.05) is 42.1 Å². The number of aromatic nitrogens is 2. The lowest BCUT2D eigenvalue weighted by Gasteiger charge is -2.13. The summed E-state index contributed by atoms with van der Waals surface area (Å²) in [5, 5.41) is 11.3. The van der Waals surface area contributed by atoms with Gasteiger partial charge >= 0.3 is 0 Å². The second-order valence-corrected chi connectivity index (χ2v) is 13.2. The highest BCUT2D eigenvalue weighted by atomic mass is 32.1. The lowest BCUT2D eigenvalue weighted by atomic mass is 9.92. The van der Waals surface area contributed by atoms with Crippen LogP contribution >= 0.6 is 11.3 Å². The molecule has 0 spiro atoms. The molecule has 0 radical (unpaired) electrons. The third-order valence-electron chi connectivity index (χ3n) is 9.45. The number of rotatable bonds is 3. The van der Waals surface area contributed by atoms with Gasteiger partial charge in [-0.25, -0.2) is 9.97 Å². The van der Waals surface area contributed by atoms with Crippen molar-refractivity contribution in [1.82, 2.24) is 9.97 Å². The van der Waals surface area contributed by atoms with E-state index < -0.39 is 0 Å². The van der Waals surface area contributed by atoms with E-state index in [-0.39, 0.29) is 0 Å². The summed E-state index contributed by atoms with van der Waals surface area (Å²) in [6.07, 6.45) is 0. The number of hydrogen-bond acceptors (Lipinski definition) is 3. The quantitative estimate of drug-likeness (QED) is 0.185. The Bertz CT molecular complexity index is 2840. The first-order valence-electron chi connectivity index (χ1n) is 15.9. The van der Waals surface area contributed by atoms with Crippen LogP contribution in [0.15, 0.2) is 158 Å². The van der Waals surface area contributed by atoms with Gasteiger partial charge in [-0.15, -0.1) is 11.3 Å². The Labute approximate surface area is 275 Å². The second kappa shape index (κ2) is 10.3. The SMILES string of the molecule is c1ccc(-c2ccc3sc4c(ccc5c6ccccc6c6cc(-c7nc(-c8ccccc8)c8ccccc8n7)ccc6c54)c3c2)cc1. The van der Waals surface area contributed by atoms with E-state index >= 15 is 0 Å². The molecule has 0 atom stereocenters. The predicted molar refractivity (Wildman–Crippen MR) is 201 cm³/mol. The summed E-state index contributed by atoms with van der Waals surface area (Å²) in [4.78, 5) is 10.3. The third kappa shape index (κ3) is 4.10. The number of thiophene rings is 1. The zero-order valence-electron chi connectivity index (χ0n) is 25.3. The predicted octanol–water partition coefficient (Wildman–Crippen LogP) is 12.5. The molecule has 47 heavy (non-hydrogen) atoms. The summed E-state index contributed by atoms with van der Waals surface area (Å²) in [5.74, 6) is 0.738. The Morgan fingerprint density at radius 2 is 0.957 bits per heavy atom. The van der Waals surface area contributed by atoms with Crippen LogP contribution in [0, 0.1) is 0 Å². The molecule has 2 aromatic heterocycles. The Kier molecular flexibility index (Phi) is 5.78. The van der Waals surface area contributed by atoms with Gasteiger partial charge in [0.05, 0.1) is 11.2 Å². The number of fused-ring (bicyclic) bond motifs is 11. The Hall–Kier alpha value is -5.90. The molecule has 10 aromatic rings. The molecule has 8 aromatic carbocycles. The van der Waals surface area contributed by atoms with E-state index in [0.29, 0.717) is 0 Å². The maximum absolute atomic E-state index is 5.19. The molecule has 0 aliphatic carbocycles. The van der Waals surface area contributed by atoms with Crippen molar-refractivity contribution in [3.63, 3.8) is 0 Å². The van der Waals surface area contributed by atoms with Gasteiger partial charge < -0.3 is 0 Å². The topological polar surface area (TPSA) is 25.8 Å². The molecule has 0 fully saturated rings. The molecule has 2 heterocycles. The van der Waals surface area contributed by atoms with Gasteiger partial charge in [-0.3, -0.25) is 0 Å². The molecule has 2 nitrogen and oxygen atoms in total. The minimum atomic E-state index is 0.738. The summed E-state index contributed by atoms with van der Waals surface area (Å²) in [7, 11) is 0. The maximum Gasteiger partial charge on any atom is 0.160 e. The van der Waals surface area contributed by atoms with E-state index in [0.717, 1.165) is 33.5 Å². The van der Waals surface area contributed by atoms with E-state index in [1.54, 1.807) is 0 Å². The summed E-state index contributed by atoms with van der Waals surface area (Å²) in [6.45, 7) is 0. The minimum Gasteiger partial charge on any atom is -0.228 e. The van der Waals surface area contributed by atoms with Gasteiger partial charge in [0.25, 0.3) is 0 Å². The normalized spacial score (nSPS) is 11.8. The lowest BCUT2D eigenvalue weighted by molar-refractivity contribution is 1.23. The average Bonchev–Trinajstić information content (AvgIpc) is 3.53. The van der Waals surface area contributed by atoms with Crippen LogP contribution in [0.25, 0.3) is 97.2 Å². The van der Waals surface area contributed by atoms with E-state index in [2.05, 4.69) is 146 Å². The molecule has 10 rings (SSSR count). The summed E-state index contributed by atoms with van der Waals surface area (Å²) in [5.41, 5.74) is 6.49. The highest BCUT2D eigenvalue weighted by Gasteiger charge is 2.17. The van der Waals surface area contributed by atoms with Crippen molar-refractivity contribution in [3.8, 4) is 33.8 Å². The fourth-order valence-corrected chi connectivity index (χ4v) is 8.49. The van der Waals surface area contributed by atoms with Crippen molar-refractivity contribution in [2.24, 2.45) is 0 Å². The standard InChI is InChI=1S/C44H26N2S/c1-3-11-27(12-4-1)29-20-24-40-38(25-29)35-23-22-33-31-15-7-8-16-32(31)37-26-30(19-21-34(37)41(33)43(35)47-40)44-45-39-18-10-9-17-36(39)42(46-44)28-13-5-2-6-14-28/h1-26H. The zero-order valence-corrected chi connectivity index (χ0v) is 26.1. The number of benzene rings is 8. The molecule has 218 valence electrons. The van der Waals surface area contributed by atoms with Crippen LogP contribution in [0.2, 0.25) is 0 Å². The summed E-state index contributed by atoms with van der Waals surface area (Å²) >= 11 is 1.90. The molecule has 0 aliphatic heterocycles. The van der Waals surface area contributed by atoms with E-state index in [4.69, 9.17) is 9.97 Å². The van der Waals surface area contributed by atoms with Crippen molar-refractivity contribution in [3.05, 3.63) is 158 Å². The van der Waals surface area contributed by atoms with Gasteiger partial charge in [0.1, 0.15) is 0 Å². The first-order valence-corrected chi connectivity index (χ1v) is 16.7. The van der Waals surface area contributed by atoms with Crippen LogP contribution in [0.1, 0.15) is 0 Å². The number of nitrogens with zero attached hydrogens (tertiary/aromatic N) is 2. The Balaban J connectivity index is 1.25. The molecular weight excluding hydrogens is 589 g/mol. The van der Waals surface area contributed by atoms with Crippen LogP contribution in [0.5, 0.6) is 0 Å². The molecule has 3 heteroatoms. The molecule has 0 unspecified atom stereocenters. The second-order valence-electron chi connectivity index (χ2n) is 12.1. The monoisotopic (exact) mass is 614 g/mol. The van der Waals surface area contributed by atoms with Crippen LogP contribution in [-0.2, 0) is 0 Å². The van der Waals surface area contributed by atoms with Gasteiger partial charge in [-0.2, -0.15) is 0 Å². The van der Waals surface area contributed by atoms with Crippen molar-refractivity contribution in [2.45, 2.75) is 0 Å². The van der Waals surface area contributed by atoms with E-state index in [1.807, 2.05) is 23.5 Å². The van der Waals surface area contributed by atoms with Gasteiger partial charge in [-0.05, 0) is 62.3 Å². The molecule has 0 aliphatic rings. The highest BCUT2D eigenvalue weighted by molar-refractivity contribution is 7.26. The van der Waals surface area contributed by atoms with Crippen LogP contribution in [0.3, 0.4) is 0 Å². The van der Waals surface area contributed by atoms with E-state index in [9.17, 15) is 0 Å². The average molecular weight is 615 g/mol. The largest absolute Gasteiger partial charge is 0.228 e. The van der Waals surface area contributed by atoms with Crippen molar-refractivity contribution < 1.29 is 0 Å². The first kappa shape index (κ1) is 26.3. The van der Waals surface area contributed by atoms with Crippen molar-refractivity contribution in [1.29, 1.82) is 0 Å². The molecule has 0 amide bonds. The molecule has 0 saturated carbocycles. The highest BCUT2D eigenvalue weighted by Crippen LogP contribution is 2.45. The Morgan fingerprint density at radius 3 is 1.77 bits per heavy atom. The summed E-state index contributed by atoms with van der Waals surface area (Å²) < 4.78 is 2.64. The molecular formula is C44H26N2S. The fraction of sp³-hybridized carbons (Fsp3) is 0. The molecule has 0 saturated heterocycles.